The number of rotatable bonds is 4. The van der Waals surface area contributed by atoms with Crippen molar-refractivity contribution in [1.82, 2.24) is 25.4 Å². The fraction of sp³-hybridized carbons (Fsp3) is 0.353. The summed E-state index contributed by atoms with van der Waals surface area (Å²) in [5.74, 6) is 0.749. The molecule has 0 aliphatic carbocycles. The molecule has 1 aliphatic heterocycles. The Kier molecular flexibility index (Phi) is 4.42. The third kappa shape index (κ3) is 3.32. The van der Waals surface area contributed by atoms with Crippen LogP contribution < -0.4 is 10.2 Å². The second-order valence-electron chi connectivity index (χ2n) is 6.83. The largest absolute Gasteiger partial charge is 0.294 e. The van der Waals surface area contributed by atoms with Crippen LogP contribution in [0.4, 0.5) is 11.8 Å². The maximum Gasteiger partial charge on any atom is 0.248 e. The fourth-order valence-corrected chi connectivity index (χ4v) is 3.43. The van der Waals surface area contributed by atoms with Crippen molar-refractivity contribution in [2.75, 3.05) is 16.8 Å². The maximum absolute atomic E-state index is 12.5. The Labute approximate surface area is 163 Å². The number of H-pyrrole nitrogens is 2. The third-order valence-electron chi connectivity index (χ3n) is 4.54. The molecular formula is C17H18BrN7O2. The van der Waals surface area contributed by atoms with Gasteiger partial charge in [-0.05, 0) is 18.2 Å². The second-order valence-corrected chi connectivity index (χ2v) is 7.75. The molecule has 2 aromatic heterocycles. The number of amides is 2. The van der Waals surface area contributed by atoms with Crippen LogP contribution in [0.25, 0.3) is 10.9 Å². The molecule has 140 valence electrons. The zero-order chi connectivity index (χ0) is 19.1. The topological polar surface area (TPSA) is 120 Å². The lowest BCUT2D eigenvalue weighted by molar-refractivity contribution is -0.122. The summed E-state index contributed by atoms with van der Waals surface area (Å²) in [6, 6.07) is 5.67. The van der Waals surface area contributed by atoms with Gasteiger partial charge in [0.05, 0.1) is 11.4 Å². The number of carbonyl (C=O) groups is 2. The number of carbonyl (C=O) groups excluding carboxylic acids is 2. The average molecular weight is 432 g/mol. The van der Waals surface area contributed by atoms with Crippen LogP contribution in [0.2, 0.25) is 0 Å². The molecule has 3 heterocycles. The zero-order valence-electron chi connectivity index (χ0n) is 14.8. The summed E-state index contributed by atoms with van der Waals surface area (Å²) in [6.07, 6.45) is 0.123. The van der Waals surface area contributed by atoms with Crippen LogP contribution in [0, 0.1) is 5.92 Å². The predicted octanol–water partition coefficient (Wildman–Crippen LogP) is 2.56. The number of aromatic nitrogens is 5. The predicted molar refractivity (Wildman–Crippen MR) is 103 cm³/mol. The van der Waals surface area contributed by atoms with E-state index in [1.54, 1.807) is 4.90 Å². The van der Waals surface area contributed by atoms with E-state index in [1.165, 1.54) is 0 Å². The first kappa shape index (κ1) is 17.7. The normalized spacial score (nSPS) is 17.3. The van der Waals surface area contributed by atoms with Crippen LogP contribution in [-0.2, 0) is 9.59 Å². The monoisotopic (exact) mass is 431 g/mol. The second kappa shape index (κ2) is 6.76. The lowest BCUT2D eigenvalue weighted by Crippen LogP contribution is -2.28. The van der Waals surface area contributed by atoms with E-state index in [9.17, 15) is 9.59 Å². The van der Waals surface area contributed by atoms with Gasteiger partial charge in [0.1, 0.15) is 5.82 Å². The van der Waals surface area contributed by atoms with Crippen molar-refractivity contribution in [2.24, 2.45) is 5.92 Å². The molecule has 3 aromatic rings. The smallest absolute Gasteiger partial charge is 0.248 e. The SMILES string of the molecule is CC(C)c1nc(NC(=O)C2CC(=O)N(c3n[nH]c4cc(Br)ccc34)C2)n[nH]1. The van der Waals surface area contributed by atoms with Crippen LogP contribution in [0.5, 0.6) is 0 Å². The van der Waals surface area contributed by atoms with E-state index in [4.69, 9.17) is 0 Å². The molecule has 1 saturated heterocycles. The van der Waals surface area contributed by atoms with Crippen molar-refractivity contribution in [3.05, 3.63) is 28.5 Å². The Morgan fingerprint density at radius 2 is 2.15 bits per heavy atom. The summed E-state index contributed by atoms with van der Waals surface area (Å²) >= 11 is 3.41. The maximum atomic E-state index is 12.5. The molecule has 0 bridgehead atoms. The molecule has 0 spiro atoms. The van der Waals surface area contributed by atoms with Crippen molar-refractivity contribution in [2.45, 2.75) is 26.2 Å². The summed E-state index contributed by atoms with van der Waals surface area (Å²) in [6.45, 7) is 4.22. The van der Waals surface area contributed by atoms with Gasteiger partial charge in [-0.25, -0.2) is 0 Å². The summed E-state index contributed by atoms with van der Waals surface area (Å²) in [4.78, 5) is 30.8. The highest BCUT2D eigenvalue weighted by molar-refractivity contribution is 9.10. The lowest BCUT2D eigenvalue weighted by atomic mass is 10.1. The van der Waals surface area contributed by atoms with E-state index in [2.05, 4.69) is 46.6 Å². The molecular weight excluding hydrogens is 414 g/mol. The third-order valence-corrected chi connectivity index (χ3v) is 5.03. The molecule has 27 heavy (non-hydrogen) atoms. The van der Waals surface area contributed by atoms with Gasteiger partial charge >= 0.3 is 0 Å². The van der Waals surface area contributed by atoms with E-state index < -0.39 is 5.92 Å². The van der Waals surface area contributed by atoms with E-state index in [1.807, 2.05) is 32.0 Å². The van der Waals surface area contributed by atoms with Gasteiger partial charge in [0, 0.05) is 28.7 Å². The number of fused-ring (bicyclic) bond motifs is 1. The lowest BCUT2D eigenvalue weighted by Gasteiger charge is -2.13. The number of benzene rings is 1. The van der Waals surface area contributed by atoms with Gasteiger partial charge < -0.3 is 0 Å². The minimum atomic E-state index is -0.485. The van der Waals surface area contributed by atoms with Crippen molar-refractivity contribution in [1.29, 1.82) is 0 Å². The molecule has 1 aromatic carbocycles. The molecule has 2 amide bonds. The first-order valence-corrected chi connectivity index (χ1v) is 9.39. The number of hydrogen-bond acceptors (Lipinski definition) is 5. The van der Waals surface area contributed by atoms with Gasteiger partial charge in [-0.3, -0.25) is 30.0 Å². The van der Waals surface area contributed by atoms with Gasteiger partial charge in [0.15, 0.2) is 5.82 Å². The van der Waals surface area contributed by atoms with Crippen molar-refractivity contribution < 1.29 is 9.59 Å². The van der Waals surface area contributed by atoms with Gasteiger partial charge in [0.25, 0.3) is 0 Å². The van der Waals surface area contributed by atoms with Crippen molar-refractivity contribution >= 4 is 50.4 Å². The minimum Gasteiger partial charge on any atom is -0.294 e. The molecule has 1 aliphatic rings. The summed E-state index contributed by atoms with van der Waals surface area (Å²) in [5.41, 5.74) is 0.821. The average Bonchev–Trinajstić information content (AvgIpc) is 3.32. The van der Waals surface area contributed by atoms with E-state index in [-0.39, 0.29) is 36.6 Å². The van der Waals surface area contributed by atoms with Crippen LogP contribution in [-0.4, -0.2) is 43.7 Å². The molecule has 1 unspecified atom stereocenters. The van der Waals surface area contributed by atoms with Gasteiger partial charge in [-0.2, -0.15) is 10.1 Å². The van der Waals surface area contributed by atoms with Crippen LogP contribution in [0.3, 0.4) is 0 Å². The molecule has 1 atom stereocenters. The van der Waals surface area contributed by atoms with Crippen LogP contribution in [0.1, 0.15) is 32.0 Å². The molecule has 0 saturated carbocycles. The summed E-state index contributed by atoms with van der Waals surface area (Å²) < 4.78 is 0.919. The Hall–Kier alpha value is -2.75. The first-order valence-electron chi connectivity index (χ1n) is 8.59. The number of anilines is 2. The van der Waals surface area contributed by atoms with Gasteiger partial charge in [0.2, 0.25) is 17.8 Å². The molecule has 4 rings (SSSR count). The number of aromatic amines is 2. The van der Waals surface area contributed by atoms with Gasteiger partial charge in [-0.1, -0.05) is 29.8 Å². The van der Waals surface area contributed by atoms with Crippen LogP contribution >= 0.6 is 15.9 Å². The highest BCUT2D eigenvalue weighted by Crippen LogP contribution is 2.31. The zero-order valence-corrected chi connectivity index (χ0v) is 16.4. The highest BCUT2D eigenvalue weighted by Gasteiger charge is 2.37. The van der Waals surface area contributed by atoms with E-state index in [0.717, 1.165) is 15.4 Å². The quantitative estimate of drug-likeness (QED) is 0.586. The first-order chi connectivity index (χ1) is 12.9. The Morgan fingerprint density at radius 3 is 2.89 bits per heavy atom. The van der Waals surface area contributed by atoms with Gasteiger partial charge in [-0.15, -0.1) is 5.10 Å². The standard InChI is InChI=1S/C17H18BrN7O2/c1-8(2)14-19-17(24-22-14)20-16(27)9-5-13(26)25(7-9)15-11-4-3-10(18)6-12(11)21-23-15/h3-4,6,8-9H,5,7H2,1-2H3,(H,21,23)(H2,19,20,22,24,27). The molecule has 1 fully saturated rings. The molecule has 3 N–H and O–H groups in total. The molecule has 9 nitrogen and oxygen atoms in total. The highest BCUT2D eigenvalue weighted by atomic mass is 79.9. The minimum absolute atomic E-state index is 0.123. The number of nitrogens with zero attached hydrogens (tertiary/aromatic N) is 4. The number of halogens is 1. The summed E-state index contributed by atoms with van der Waals surface area (Å²) in [7, 11) is 0. The van der Waals surface area contributed by atoms with E-state index >= 15 is 0 Å². The summed E-state index contributed by atoms with van der Waals surface area (Å²) in [5, 5.41) is 17.5. The Balaban J connectivity index is 1.50. The number of hydrogen-bond donors (Lipinski definition) is 3. The molecule has 0 radical (unpaired) electrons. The molecule has 10 heteroatoms. The Bertz CT molecular complexity index is 1030. The fourth-order valence-electron chi connectivity index (χ4n) is 3.07. The number of nitrogens with one attached hydrogen (secondary N) is 3. The Morgan fingerprint density at radius 1 is 1.33 bits per heavy atom. The van der Waals surface area contributed by atoms with Crippen molar-refractivity contribution in [3.63, 3.8) is 0 Å². The van der Waals surface area contributed by atoms with E-state index in [0.29, 0.717) is 11.6 Å². The van der Waals surface area contributed by atoms with Crippen LogP contribution in [0.15, 0.2) is 22.7 Å². The van der Waals surface area contributed by atoms with Crippen molar-refractivity contribution in [3.8, 4) is 0 Å².